The maximum absolute atomic E-state index is 12.0. The topological polar surface area (TPSA) is 58.2 Å². The number of carbonyl (C=O) groups excluding carboxylic acids is 2. The van der Waals surface area contributed by atoms with E-state index in [-0.39, 0.29) is 24.2 Å². The molecule has 0 heterocycles. The van der Waals surface area contributed by atoms with Gasteiger partial charge in [0.25, 0.3) is 0 Å². The molecule has 0 aliphatic carbocycles. The Morgan fingerprint density at radius 2 is 1.90 bits per heavy atom. The third-order valence-electron chi connectivity index (χ3n) is 2.89. The molecule has 4 nitrogen and oxygen atoms in total. The number of hydrogen-bond acceptors (Lipinski definition) is 2. The second kappa shape index (κ2) is 8.15. The van der Waals surface area contributed by atoms with Crippen molar-refractivity contribution in [3.8, 4) is 0 Å². The van der Waals surface area contributed by atoms with Gasteiger partial charge in [-0.2, -0.15) is 0 Å². The summed E-state index contributed by atoms with van der Waals surface area (Å²) < 4.78 is 0. The fourth-order valence-electron chi connectivity index (χ4n) is 1.82. The lowest BCUT2D eigenvalue weighted by molar-refractivity contribution is -0.129. The average molecular weight is 274 g/mol. The molecule has 0 unspecified atom stereocenters. The Morgan fingerprint density at radius 1 is 1.25 bits per heavy atom. The van der Waals surface area contributed by atoms with Crippen molar-refractivity contribution >= 4 is 11.8 Å². The van der Waals surface area contributed by atoms with E-state index in [2.05, 4.69) is 17.2 Å². The van der Waals surface area contributed by atoms with Crippen molar-refractivity contribution in [1.82, 2.24) is 10.6 Å². The summed E-state index contributed by atoms with van der Waals surface area (Å²) in [6, 6.07) is 8.94. The lowest BCUT2D eigenvalue weighted by Crippen LogP contribution is -2.50. The molecule has 20 heavy (non-hydrogen) atoms. The molecule has 1 aromatic carbocycles. The summed E-state index contributed by atoms with van der Waals surface area (Å²) in [5.74, 6) is -0.301. The van der Waals surface area contributed by atoms with E-state index in [1.165, 1.54) is 0 Å². The summed E-state index contributed by atoms with van der Waals surface area (Å²) in [6.45, 7) is 7.76. The van der Waals surface area contributed by atoms with Crippen LogP contribution in [0.3, 0.4) is 0 Å². The van der Waals surface area contributed by atoms with Crippen molar-refractivity contribution in [2.45, 2.75) is 26.3 Å². The predicted molar refractivity (Wildman–Crippen MR) is 80.1 cm³/mol. The Hall–Kier alpha value is -2.10. The van der Waals surface area contributed by atoms with Gasteiger partial charge in [0, 0.05) is 6.54 Å². The first-order valence-corrected chi connectivity index (χ1v) is 6.76. The molecule has 0 aliphatic heterocycles. The molecular weight excluding hydrogens is 252 g/mol. The molecule has 1 atom stereocenters. The highest BCUT2D eigenvalue weighted by Gasteiger charge is 2.23. The molecule has 2 N–H and O–H groups in total. The van der Waals surface area contributed by atoms with Crippen LogP contribution in [0.15, 0.2) is 43.0 Å². The quantitative estimate of drug-likeness (QED) is 0.743. The van der Waals surface area contributed by atoms with Crippen LogP contribution in [0, 0.1) is 5.92 Å². The number of rotatable bonds is 7. The second-order valence-electron chi connectivity index (χ2n) is 4.99. The van der Waals surface area contributed by atoms with Crippen LogP contribution >= 0.6 is 0 Å². The van der Waals surface area contributed by atoms with E-state index in [0.717, 1.165) is 5.56 Å². The van der Waals surface area contributed by atoms with Gasteiger partial charge >= 0.3 is 0 Å². The Balaban J connectivity index is 2.59. The van der Waals surface area contributed by atoms with Gasteiger partial charge in [0.2, 0.25) is 11.8 Å². The van der Waals surface area contributed by atoms with Crippen molar-refractivity contribution in [3.63, 3.8) is 0 Å². The summed E-state index contributed by atoms with van der Waals surface area (Å²) in [5.41, 5.74) is 0.930. The minimum Gasteiger partial charge on any atom is -0.351 e. The first-order chi connectivity index (χ1) is 9.54. The molecule has 1 rings (SSSR count). The van der Waals surface area contributed by atoms with Crippen molar-refractivity contribution in [2.75, 3.05) is 6.54 Å². The molecule has 2 amide bonds. The molecule has 0 saturated heterocycles. The summed E-state index contributed by atoms with van der Waals surface area (Å²) in [7, 11) is 0. The average Bonchev–Trinajstić information content (AvgIpc) is 2.43. The van der Waals surface area contributed by atoms with Gasteiger partial charge in [0.05, 0.1) is 6.42 Å². The highest BCUT2D eigenvalue weighted by Crippen LogP contribution is 2.04. The molecular formula is C16H22N2O2. The van der Waals surface area contributed by atoms with Gasteiger partial charge in [-0.3, -0.25) is 9.59 Å². The van der Waals surface area contributed by atoms with Gasteiger partial charge in [0.1, 0.15) is 6.04 Å². The van der Waals surface area contributed by atoms with Crippen LogP contribution < -0.4 is 10.6 Å². The first-order valence-electron chi connectivity index (χ1n) is 6.76. The Morgan fingerprint density at radius 3 is 2.45 bits per heavy atom. The third kappa shape index (κ3) is 5.26. The molecule has 0 aliphatic rings. The van der Waals surface area contributed by atoms with Crippen molar-refractivity contribution in [1.29, 1.82) is 0 Å². The normalized spacial score (nSPS) is 11.8. The van der Waals surface area contributed by atoms with Crippen molar-refractivity contribution < 1.29 is 9.59 Å². The van der Waals surface area contributed by atoms with Crippen LogP contribution in [0.5, 0.6) is 0 Å². The number of benzene rings is 1. The molecule has 0 fully saturated rings. The third-order valence-corrected chi connectivity index (χ3v) is 2.89. The number of nitrogens with one attached hydrogen (secondary N) is 2. The molecule has 0 aromatic heterocycles. The van der Waals surface area contributed by atoms with Crippen LogP contribution in [-0.2, 0) is 16.0 Å². The van der Waals surface area contributed by atoms with E-state index in [9.17, 15) is 9.59 Å². The standard InChI is InChI=1S/C16H22N2O2/c1-4-10-17-16(20)15(12(2)3)18-14(19)11-13-8-6-5-7-9-13/h4-9,12,15H,1,10-11H2,2-3H3,(H,17,20)(H,18,19)/t15-/m0/s1. The van der Waals surface area contributed by atoms with Crippen molar-refractivity contribution in [2.24, 2.45) is 5.92 Å². The minimum absolute atomic E-state index is 0.0274. The van der Waals surface area contributed by atoms with E-state index < -0.39 is 6.04 Å². The zero-order valence-electron chi connectivity index (χ0n) is 12.1. The molecule has 0 bridgehead atoms. The highest BCUT2D eigenvalue weighted by molar-refractivity contribution is 5.88. The Labute approximate surface area is 120 Å². The van der Waals surface area contributed by atoms with Crippen LogP contribution in [-0.4, -0.2) is 24.4 Å². The zero-order valence-corrected chi connectivity index (χ0v) is 12.1. The summed E-state index contributed by atoms with van der Waals surface area (Å²) in [5, 5.41) is 5.50. The van der Waals surface area contributed by atoms with Gasteiger partial charge in [-0.25, -0.2) is 0 Å². The van der Waals surface area contributed by atoms with Gasteiger partial charge < -0.3 is 10.6 Å². The zero-order chi connectivity index (χ0) is 15.0. The van der Waals surface area contributed by atoms with Crippen LogP contribution in [0.2, 0.25) is 0 Å². The molecule has 0 saturated carbocycles. The van der Waals surface area contributed by atoms with Gasteiger partial charge in [-0.05, 0) is 11.5 Å². The van der Waals surface area contributed by atoms with Crippen LogP contribution in [0.4, 0.5) is 0 Å². The predicted octanol–water partition coefficient (Wildman–Crippen LogP) is 1.67. The number of hydrogen-bond donors (Lipinski definition) is 2. The Kier molecular flexibility index (Phi) is 6.50. The fourth-order valence-corrected chi connectivity index (χ4v) is 1.82. The highest BCUT2D eigenvalue weighted by atomic mass is 16.2. The molecule has 1 aromatic rings. The van der Waals surface area contributed by atoms with Crippen LogP contribution in [0.1, 0.15) is 19.4 Å². The SMILES string of the molecule is C=CCNC(=O)[C@@H](NC(=O)Cc1ccccc1)C(C)C. The maximum atomic E-state index is 12.0. The second-order valence-corrected chi connectivity index (χ2v) is 4.99. The Bertz CT molecular complexity index is 455. The monoisotopic (exact) mass is 274 g/mol. The van der Waals surface area contributed by atoms with E-state index in [0.29, 0.717) is 6.54 Å². The summed E-state index contributed by atoms with van der Waals surface area (Å²) in [6.07, 6.45) is 1.89. The van der Waals surface area contributed by atoms with Gasteiger partial charge in [0.15, 0.2) is 0 Å². The summed E-state index contributed by atoms with van der Waals surface area (Å²) >= 11 is 0. The summed E-state index contributed by atoms with van der Waals surface area (Å²) in [4.78, 5) is 24.0. The fraction of sp³-hybridized carbons (Fsp3) is 0.375. The first kappa shape index (κ1) is 16.0. The van der Waals surface area contributed by atoms with E-state index in [1.807, 2.05) is 44.2 Å². The van der Waals surface area contributed by atoms with E-state index in [1.54, 1.807) is 6.08 Å². The molecule has 4 heteroatoms. The lowest BCUT2D eigenvalue weighted by atomic mass is 10.0. The van der Waals surface area contributed by atoms with E-state index in [4.69, 9.17) is 0 Å². The van der Waals surface area contributed by atoms with Crippen molar-refractivity contribution in [3.05, 3.63) is 48.6 Å². The maximum Gasteiger partial charge on any atom is 0.243 e. The lowest BCUT2D eigenvalue weighted by Gasteiger charge is -2.21. The van der Waals surface area contributed by atoms with Gasteiger partial charge in [-0.15, -0.1) is 6.58 Å². The van der Waals surface area contributed by atoms with Gasteiger partial charge in [-0.1, -0.05) is 50.3 Å². The smallest absolute Gasteiger partial charge is 0.243 e. The number of amides is 2. The van der Waals surface area contributed by atoms with Crippen LogP contribution in [0.25, 0.3) is 0 Å². The minimum atomic E-state index is -0.522. The largest absolute Gasteiger partial charge is 0.351 e. The number of carbonyl (C=O) groups is 2. The molecule has 108 valence electrons. The molecule has 0 spiro atoms. The van der Waals surface area contributed by atoms with E-state index >= 15 is 0 Å². The molecule has 0 radical (unpaired) electrons.